The van der Waals surface area contributed by atoms with Crippen LogP contribution in [0.25, 0.3) is 0 Å². The third kappa shape index (κ3) is 2.44. The number of hydrogen-bond acceptors (Lipinski definition) is 2. The predicted octanol–water partition coefficient (Wildman–Crippen LogP) is 3.55. The zero-order chi connectivity index (χ0) is 15.0. The molecule has 0 aliphatic heterocycles. The minimum Gasteiger partial charge on any atom is -0.461 e. The molecule has 0 saturated heterocycles. The smallest absolute Gasteiger partial charge is 0.354 e. The van der Waals surface area contributed by atoms with Gasteiger partial charge in [0.15, 0.2) is 11.6 Å². The van der Waals surface area contributed by atoms with E-state index < -0.39 is 17.6 Å². The van der Waals surface area contributed by atoms with Crippen LogP contribution in [0.5, 0.6) is 0 Å². The van der Waals surface area contributed by atoms with Gasteiger partial charge < -0.3 is 9.72 Å². The van der Waals surface area contributed by atoms with E-state index in [0.29, 0.717) is 17.9 Å². The number of carbonyl (C=O) groups is 1. The lowest BCUT2D eigenvalue weighted by molar-refractivity contribution is 0.0520. The Morgan fingerprint density at radius 1 is 1.33 bits per heavy atom. The van der Waals surface area contributed by atoms with Gasteiger partial charge in [0, 0.05) is 11.6 Å². The molecule has 1 aromatic heterocycles. The van der Waals surface area contributed by atoms with E-state index in [1.165, 1.54) is 6.07 Å². The number of fused-ring (bicyclic) bond motifs is 1. The Morgan fingerprint density at radius 3 is 2.86 bits per heavy atom. The van der Waals surface area contributed by atoms with Crippen LogP contribution in [0.1, 0.15) is 46.6 Å². The molecule has 1 aliphatic rings. The third-order valence-electron chi connectivity index (χ3n) is 3.83. The lowest BCUT2D eigenvalue weighted by Crippen LogP contribution is -2.06. The van der Waals surface area contributed by atoms with Crippen molar-refractivity contribution in [3.63, 3.8) is 0 Å². The minimum absolute atomic E-state index is 0.0433. The monoisotopic (exact) mass is 291 g/mol. The summed E-state index contributed by atoms with van der Waals surface area (Å²) in [5, 5.41) is 0. The molecule has 2 aromatic rings. The molecule has 1 aliphatic carbocycles. The number of aromatic nitrogens is 1. The van der Waals surface area contributed by atoms with E-state index in [1.807, 2.05) is 0 Å². The average molecular weight is 291 g/mol. The van der Waals surface area contributed by atoms with Gasteiger partial charge in [0.1, 0.15) is 5.69 Å². The Labute approximate surface area is 120 Å². The van der Waals surface area contributed by atoms with E-state index >= 15 is 0 Å². The standard InChI is InChI=1S/C16H15F2NO2/c1-2-21-16(20)14-8-10-3-5-11(15(10)19-14)9-4-6-12(17)13(18)7-9/h4,6-8,11,19H,2-3,5H2,1H3. The Morgan fingerprint density at radius 2 is 2.14 bits per heavy atom. The number of aryl methyl sites for hydroxylation is 1. The van der Waals surface area contributed by atoms with Gasteiger partial charge in [-0.15, -0.1) is 0 Å². The van der Waals surface area contributed by atoms with Crippen molar-refractivity contribution in [1.29, 1.82) is 0 Å². The van der Waals surface area contributed by atoms with Gasteiger partial charge in [0.05, 0.1) is 6.61 Å². The average Bonchev–Trinajstić information content (AvgIpc) is 3.02. The van der Waals surface area contributed by atoms with Gasteiger partial charge >= 0.3 is 5.97 Å². The van der Waals surface area contributed by atoms with Gasteiger partial charge in [-0.1, -0.05) is 6.07 Å². The summed E-state index contributed by atoms with van der Waals surface area (Å²) in [7, 11) is 0. The summed E-state index contributed by atoms with van der Waals surface area (Å²) in [6.45, 7) is 2.06. The molecule has 0 radical (unpaired) electrons. The summed E-state index contributed by atoms with van der Waals surface area (Å²) in [4.78, 5) is 14.8. The van der Waals surface area contributed by atoms with Crippen LogP contribution in [-0.2, 0) is 11.2 Å². The molecule has 1 aromatic carbocycles. The number of rotatable bonds is 3. The quantitative estimate of drug-likeness (QED) is 0.879. The van der Waals surface area contributed by atoms with Gasteiger partial charge in [-0.2, -0.15) is 0 Å². The minimum atomic E-state index is -0.851. The topological polar surface area (TPSA) is 42.1 Å². The number of esters is 1. The van der Waals surface area contributed by atoms with Crippen LogP contribution < -0.4 is 0 Å². The highest BCUT2D eigenvalue weighted by Gasteiger charge is 2.28. The Kier molecular flexibility index (Phi) is 3.49. The van der Waals surface area contributed by atoms with E-state index in [4.69, 9.17) is 4.74 Å². The van der Waals surface area contributed by atoms with Crippen molar-refractivity contribution >= 4 is 5.97 Å². The highest BCUT2D eigenvalue weighted by molar-refractivity contribution is 5.88. The molecule has 1 unspecified atom stereocenters. The molecule has 0 fully saturated rings. The van der Waals surface area contributed by atoms with Crippen molar-refractivity contribution in [1.82, 2.24) is 4.98 Å². The first-order chi connectivity index (χ1) is 10.1. The van der Waals surface area contributed by atoms with E-state index in [9.17, 15) is 13.6 Å². The number of ether oxygens (including phenoxy) is 1. The van der Waals surface area contributed by atoms with E-state index in [-0.39, 0.29) is 5.92 Å². The number of halogens is 2. The van der Waals surface area contributed by atoms with Crippen LogP contribution >= 0.6 is 0 Å². The SMILES string of the molecule is CCOC(=O)c1cc2c([nH]1)C(c1ccc(F)c(F)c1)CC2. The number of benzene rings is 1. The van der Waals surface area contributed by atoms with Crippen LogP contribution in [-0.4, -0.2) is 17.6 Å². The summed E-state index contributed by atoms with van der Waals surface area (Å²) in [5.41, 5.74) is 3.05. The summed E-state index contributed by atoms with van der Waals surface area (Å²) in [6.07, 6.45) is 1.62. The highest BCUT2D eigenvalue weighted by Crippen LogP contribution is 2.38. The maximum atomic E-state index is 13.4. The van der Waals surface area contributed by atoms with Crippen LogP contribution in [0, 0.1) is 11.6 Å². The van der Waals surface area contributed by atoms with Crippen molar-refractivity contribution in [3.8, 4) is 0 Å². The van der Waals surface area contributed by atoms with Crippen molar-refractivity contribution < 1.29 is 18.3 Å². The molecule has 1 heterocycles. The van der Waals surface area contributed by atoms with Gasteiger partial charge in [0.25, 0.3) is 0 Å². The largest absolute Gasteiger partial charge is 0.461 e. The number of aromatic amines is 1. The molecule has 0 saturated carbocycles. The lowest BCUT2D eigenvalue weighted by atomic mass is 9.97. The number of hydrogen-bond donors (Lipinski definition) is 1. The second-order valence-electron chi connectivity index (χ2n) is 5.11. The zero-order valence-corrected chi connectivity index (χ0v) is 11.6. The Hall–Kier alpha value is -2.17. The molecule has 0 bridgehead atoms. The van der Waals surface area contributed by atoms with Crippen molar-refractivity contribution in [2.45, 2.75) is 25.7 Å². The maximum Gasteiger partial charge on any atom is 0.354 e. The van der Waals surface area contributed by atoms with Crippen molar-refractivity contribution in [3.05, 3.63) is 58.4 Å². The van der Waals surface area contributed by atoms with Crippen LogP contribution in [0.3, 0.4) is 0 Å². The third-order valence-corrected chi connectivity index (χ3v) is 3.83. The van der Waals surface area contributed by atoms with Crippen LogP contribution in [0.15, 0.2) is 24.3 Å². The molecule has 3 nitrogen and oxygen atoms in total. The van der Waals surface area contributed by atoms with Crippen LogP contribution in [0.2, 0.25) is 0 Å². The predicted molar refractivity (Wildman–Crippen MR) is 73.3 cm³/mol. The zero-order valence-electron chi connectivity index (χ0n) is 11.6. The fraction of sp³-hybridized carbons (Fsp3) is 0.312. The normalized spacial score (nSPS) is 16.8. The molecular weight excluding hydrogens is 276 g/mol. The molecule has 0 spiro atoms. The van der Waals surface area contributed by atoms with E-state index in [2.05, 4.69) is 4.98 Å². The number of H-pyrrole nitrogens is 1. The van der Waals surface area contributed by atoms with Crippen LogP contribution in [0.4, 0.5) is 8.78 Å². The summed E-state index contributed by atoms with van der Waals surface area (Å²) < 4.78 is 31.4. The Balaban J connectivity index is 1.92. The molecule has 110 valence electrons. The highest BCUT2D eigenvalue weighted by atomic mass is 19.2. The first-order valence-electron chi connectivity index (χ1n) is 6.94. The van der Waals surface area contributed by atoms with Gasteiger partial charge in [0.2, 0.25) is 0 Å². The number of nitrogens with one attached hydrogen (secondary N) is 1. The van der Waals surface area contributed by atoms with Gasteiger partial charge in [-0.3, -0.25) is 0 Å². The summed E-state index contributed by atoms with van der Waals surface area (Å²) in [6, 6.07) is 5.73. The van der Waals surface area contributed by atoms with Crippen molar-refractivity contribution in [2.75, 3.05) is 6.61 Å². The maximum absolute atomic E-state index is 13.4. The molecule has 3 rings (SSSR count). The van der Waals surface area contributed by atoms with Gasteiger partial charge in [-0.05, 0) is 49.1 Å². The first kappa shape index (κ1) is 13.8. The summed E-state index contributed by atoms with van der Waals surface area (Å²) >= 11 is 0. The number of carbonyl (C=O) groups excluding carboxylic acids is 1. The molecule has 0 amide bonds. The molecule has 1 atom stereocenters. The lowest BCUT2D eigenvalue weighted by Gasteiger charge is -2.11. The van der Waals surface area contributed by atoms with E-state index in [0.717, 1.165) is 30.2 Å². The first-order valence-corrected chi connectivity index (χ1v) is 6.94. The molecule has 5 heteroatoms. The molecule has 1 N–H and O–H groups in total. The Bertz CT molecular complexity index is 694. The van der Waals surface area contributed by atoms with Gasteiger partial charge in [-0.25, -0.2) is 13.6 Å². The molecule has 21 heavy (non-hydrogen) atoms. The second kappa shape index (κ2) is 5.31. The summed E-state index contributed by atoms with van der Waals surface area (Å²) in [5.74, 6) is -2.14. The van der Waals surface area contributed by atoms with E-state index in [1.54, 1.807) is 19.1 Å². The molecular formula is C16H15F2NO2. The fourth-order valence-electron chi connectivity index (χ4n) is 2.86. The fourth-order valence-corrected chi connectivity index (χ4v) is 2.86. The second-order valence-corrected chi connectivity index (χ2v) is 5.11. The van der Waals surface area contributed by atoms with Crippen molar-refractivity contribution in [2.24, 2.45) is 0 Å².